The molecule has 5 aromatic rings. The maximum Gasteiger partial charge on any atom is 0.213 e. The fourth-order valence-electron chi connectivity index (χ4n) is 5.46. The van der Waals surface area contributed by atoms with Crippen LogP contribution in [0.2, 0.25) is 0 Å². The quantitative estimate of drug-likeness (QED) is 0.245. The minimum absolute atomic E-state index is 0.550. The van der Waals surface area contributed by atoms with Gasteiger partial charge < -0.3 is 0 Å². The van der Waals surface area contributed by atoms with Crippen LogP contribution in [0, 0.1) is 6.92 Å². The summed E-state index contributed by atoms with van der Waals surface area (Å²) in [6, 6.07) is 34.0. The van der Waals surface area contributed by atoms with Crippen molar-refractivity contribution in [2.24, 2.45) is 7.05 Å². The Morgan fingerprint density at radius 3 is 2.21 bits per heavy atom. The van der Waals surface area contributed by atoms with Gasteiger partial charge in [0.15, 0.2) is 0 Å². The Hall–Kier alpha value is -3.71. The maximum absolute atomic E-state index is 2.42. The van der Waals surface area contributed by atoms with E-state index in [0.29, 0.717) is 5.92 Å². The van der Waals surface area contributed by atoms with Crippen LogP contribution in [-0.2, 0) is 13.5 Å². The van der Waals surface area contributed by atoms with Crippen molar-refractivity contribution < 1.29 is 4.57 Å². The SMILES string of the molecule is Cc1cc2c(cc1-c1ccc3ccc(-c4ccc(C(C)C)cc4)cc3[n+]1C)Cc1ccccc1-2. The van der Waals surface area contributed by atoms with Crippen molar-refractivity contribution in [2.75, 3.05) is 0 Å². The highest BCUT2D eigenvalue weighted by atomic mass is 14.9. The number of hydrogen-bond donors (Lipinski definition) is 0. The van der Waals surface area contributed by atoms with Crippen LogP contribution in [0.3, 0.4) is 0 Å². The summed E-state index contributed by atoms with van der Waals surface area (Å²) in [5, 5.41) is 1.26. The molecule has 1 heteroatoms. The van der Waals surface area contributed by atoms with Crippen molar-refractivity contribution in [1.29, 1.82) is 0 Å². The van der Waals surface area contributed by atoms with E-state index in [9.17, 15) is 0 Å². The summed E-state index contributed by atoms with van der Waals surface area (Å²) >= 11 is 0. The molecule has 0 spiro atoms. The molecule has 0 saturated carbocycles. The van der Waals surface area contributed by atoms with Crippen molar-refractivity contribution >= 4 is 10.9 Å². The largest absolute Gasteiger partial charge is 0.213 e. The molecule has 0 fully saturated rings. The van der Waals surface area contributed by atoms with E-state index in [1.807, 2.05) is 0 Å². The van der Waals surface area contributed by atoms with Crippen molar-refractivity contribution in [3.8, 4) is 33.5 Å². The second kappa shape index (κ2) is 7.95. The Balaban J connectivity index is 1.45. The summed E-state index contributed by atoms with van der Waals surface area (Å²) in [5.74, 6) is 0.550. The van der Waals surface area contributed by atoms with Gasteiger partial charge in [-0.2, -0.15) is 4.57 Å². The molecule has 1 heterocycles. The van der Waals surface area contributed by atoms with E-state index < -0.39 is 0 Å². The van der Waals surface area contributed by atoms with Gasteiger partial charge in [-0.1, -0.05) is 74.5 Å². The number of aromatic nitrogens is 1. The number of pyridine rings is 1. The summed E-state index contributed by atoms with van der Waals surface area (Å²) in [7, 11) is 2.20. The molecule has 166 valence electrons. The molecule has 0 saturated heterocycles. The third-order valence-electron chi connectivity index (χ3n) is 7.50. The van der Waals surface area contributed by atoms with E-state index in [4.69, 9.17) is 0 Å². The lowest BCUT2D eigenvalue weighted by Gasteiger charge is -2.11. The van der Waals surface area contributed by atoms with Crippen molar-refractivity contribution in [3.05, 3.63) is 113 Å². The predicted molar refractivity (Wildman–Crippen MR) is 143 cm³/mol. The molecule has 4 aromatic carbocycles. The highest BCUT2D eigenvalue weighted by molar-refractivity contribution is 5.85. The molecule has 0 atom stereocenters. The van der Waals surface area contributed by atoms with Gasteiger partial charge in [-0.15, -0.1) is 0 Å². The number of rotatable bonds is 3. The summed E-state index contributed by atoms with van der Waals surface area (Å²) < 4.78 is 2.36. The molecule has 34 heavy (non-hydrogen) atoms. The highest BCUT2D eigenvalue weighted by Crippen LogP contribution is 2.40. The molecule has 1 aliphatic rings. The van der Waals surface area contributed by atoms with E-state index >= 15 is 0 Å². The van der Waals surface area contributed by atoms with Crippen LogP contribution in [0.25, 0.3) is 44.4 Å². The van der Waals surface area contributed by atoms with Gasteiger partial charge in [-0.3, -0.25) is 0 Å². The third kappa shape index (κ3) is 3.35. The van der Waals surface area contributed by atoms with E-state index in [1.165, 1.54) is 66.7 Å². The first kappa shape index (κ1) is 20.9. The Morgan fingerprint density at radius 2 is 1.41 bits per heavy atom. The van der Waals surface area contributed by atoms with Crippen LogP contribution in [0.15, 0.2) is 91.0 Å². The average Bonchev–Trinajstić information content (AvgIpc) is 3.21. The number of benzene rings is 4. The lowest BCUT2D eigenvalue weighted by Crippen LogP contribution is -2.32. The van der Waals surface area contributed by atoms with Gasteiger partial charge in [0.05, 0.1) is 0 Å². The molecule has 0 aliphatic heterocycles. The Bertz CT molecular complexity index is 1550. The molecular formula is C33H30N+. The van der Waals surface area contributed by atoms with E-state index in [2.05, 4.69) is 123 Å². The topological polar surface area (TPSA) is 3.88 Å². The fourth-order valence-corrected chi connectivity index (χ4v) is 5.46. The zero-order valence-corrected chi connectivity index (χ0v) is 20.4. The lowest BCUT2D eigenvalue weighted by molar-refractivity contribution is -0.633. The van der Waals surface area contributed by atoms with Gasteiger partial charge in [0.2, 0.25) is 11.2 Å². The van der Waals surface area contributed by atoms with Crippen molar-refractivity contribution in [2.45, 2.75) is 33.1 Å². The zero-order valence-electron chi connectivity index (χ0n) is 20.4. The molecule has 1 aromatic heterocycles. The summed E-state index contributed by atoms with van der Waals surface area (Å²) in [6.07, 6.45) is 1.02. The van der Waals surface area contributed by atoms with Gasteiger partial charge in [0.25, 0.3) is 0 Å². The fraction of sp³-hybridized carbons (Fsp3) is 0.182. The van der Waals surface area contributed by atoms with E-state index in [-0.39, 0.29) is 0 Å². The van der Waals surface area contributed by atoms with Crippen LogP contribution in [0.1, 0.15) is 42.0 Å². The lowest BCUT2D eigenvalue weighted by atomic mass is 9.95. The Labute approximate surface area is 202 Å². The van der Waals surface area contributed by atoms with Crippen LogP contribution >= 0.6 is 0 Å². The summed E-state index contributed by atoms with van der Waals surface area (Å²) in [5.41, 5.74) is 14.7. The van der Waals surface area contributed by atoms with Crippen molar-refractivity contribution in [3.63, 3.8) is 0 Å². The second-order valence-electron chi connectivity index (χ2n) is 9.99. The van der Waals surface area contributed by atoms with Crippen LogP contribution in [0.4, 0.5) is 0 Å². The molecule has 6 rings (SSSR count). The molecule has 1 aliphatic carbocycles. The first-order valence-corrected chi connectivity index (χ1v) is 12.2. The second-order valence-corrected chi connectivity index (χ2v) is 9.99. The molecule has 0 N–H and O–H groups in total. The molecule has 1 nitrogen and oxygen atoms in total. The molecule has 0 unspecified atom stereocenters. The summed E-state index contributed by atoms with van der Waals surface area (Å²) in [6.45, 7) is 6.73. The van der Waals surface area contributed by atoms with Crippen LogP contribution in [0.5, 0.6) is 0 Å². The van der Waals surface area contributed by atoms with E-state index in [0.717, 1.165) is 6.42 Å². The third-order valence-corrected chi connectivity index (χ3v) is 7.50. The number of hydrogen-bond acceptors (Lipinski definition) is 0. The minimum Gasteiger partial charge on any atom is -0.194 e. The molecule has 0 radical (unpaired) electrons. The first-order valence-electron chi connectivity index (χ1n) is 12.2. The van der Waals surface area contributed by atoms with Crippen LogP contribution < -0.4 is 4.57 Å². The number of aryl methyl sites for hydroxylation is 2. The zero-order chi connectivity index (χ0) is 23.4. The Kier molecular flexibility index (Phi) is 4.88. The van der Waals surface area contributed by atoms with Gasteiger partial charge in [-0.05, 0) is 82.0 Å². The number of nitrogens with zero attached hydrogens (tertiary/aromatic N) is 1. The van der Waals surface area contributed by atoms with E-state index in [1.54, 1.807) is 0 Å². The minimum atomic E-state index is 0.550. The first-order chi connectivity index (χ1) is 16.5. The average molecular weight is 441 g/mol. The molecule has 0 amide bonds. The van der Waals surface area contributed by atoms with Gasteiger partial charge in [-0.25, -0.2) is 0 Å². The number of fused-ring (bicyclic) bond motifs is 4. The normalized spacial score (nSPS) is 12.3. The Morgan fingerprint density at radius 1 is 0.676 bits per heavy atom. The standard InChI is InChI=1S/C33H30N/c1-21(2)23-9-11-24(12-10-23)26-14-13-25-15-16-32(34(4)33(25)20-26)30-19-28-18-27-7-5-6-8-29(27)31(28)17-22(30)3/h5-17,19-21H,18H2,1-4H3/q+1. The predicted octanol–water partition coefficient (Wildman–Crippen LogP) is 8.00. The summed E-state index contributed by atoms with van der Waals surface area (Å²) in [4.78, 5) is 0. The smallest absolute Gasteiger partial charge is 0.194 e. The highest BCUT2D eigenvalue weighted by Gasteiger charge is 2.23. The van der Waals surface area contributed by atoms with Gasteiger partial charge in [0.1, 0.15) is 7.05 Å². The molecule has 0 bridgehead atoms. The molecular weight excluding hydrogens is 410 g/mol. The monoisotopic (exact) mass is 440 g/mol. The van der Waals surface area contributed by atoms with Crippen LogP contribution in [-0.4, -0.2) is 0 Å². The van der Waals surface area contributed by atoms with Crippen molar-refractivity contribution in [1.82, 2.24) is 0 Å². The van der Waals surface area contributed by atoms with Gasteiger partial charge in [0, 0.05) is 23.1 Å². The van der Waals surface area contributed by atoms with Gasteiger partial charge >= 0.3 is 0 Å². The maximum atomic E-state index is 2.42.